The Balaban J connectivity index is 1.39. The fourth-order valence-corrected chi connectivity index (χ4v) is 5.30. The molecule has 0 radical (unpaired) electrons. The first-order valence-corrected chi connectivity index (χ1v) is 8.80. The molecule has 4 rings (SSSR count). The van der Waals surface area contributed by atoms with E-state index in [0.717, 1.165) is 30.2 Å². The van der Waals surface area contributed by atoms with Crippen LogP contribution in [0.2, 0.25) is 0 Å². The number of carboxylic acids is 1. The molecule has 1 N–H and O–H groups in total. The van der Waals surface area contributed by atoms with Gasteiger partial charge in [-0.1, -0.05) is 6.42 Å². The normalized spacial score (nSPS) is 32.6. The molecule has 0 amide bonds. The molecule has 0 saturated heterocycles. The van der Waals surface area contributed by atoms with E-state index in [1.54, 1.807) is 0 Å². The molecule has 7 nitrogen and oxygen atoms in total. The summed E-state index contributed by atoms with van der Waals surface area (Å²) in [6.07, 6.45) is 6.40. The molecule has 0 spiro atoms. The minimum Gasteiger partial charge on any atom is -0.478 e. The van der Waals surface area contributed by atoms with Crippen LogP contribution in [0.25, 0.3) is 0 Å². The number of carboxylic acid groups (broad SMARTS) is 1. The summed E-state index contributed by atoms with van der Waals surface area (Å²) in [4.78, 5) is 21.6. The van der Waals surface area contributed by atoms with Gasteiger partial charge in [0.1, 0.15) is 0 Å². The van der Waals surface area contributed by atoms with E-state index in [4.69, 9.17) is 14.6 Å². The summed E-state index contributed by atoms with van der Waals surface area (Å²) in [5, 5.41) is 20.1. The highest BCUT2D eigenvalue weighted by molar-refractivity contribution is 5.88. The maximum absolute atomic E-state index is 11.1. The van der Waals surface area contributed by atoms with Crippen LogP contribution in [0.4, 0.5) is 5.69 Å². The number of fused-ring (bicyclic) bond motifs is 5. The maximum Gasteiger partial charge on any atom is 0.335 e. The molecule has 0 heterocycles. The lowest BCUT2D eigenvalue weighted by Crippen LogP contribution is -2.31. The Labute approximate surface area is 145 Å². The molecule has 0 aromatic heterocycles. The molecule has 1 aromatic rings. The van der Waals surface area contributed by atoms with E-state index < -0.39 is 10.9 Å². The number of nitrogens with zero attached hydrogens (tertiary/aromatic N) is 1. The highest BCUT2D eigenvalue weighted by Crippen LogP contribution is 2.59. The van der Waals surface area contributed by atoms with Crippen molar-refractivity contribution >= 4 is 11.7 Å². The molecule has 5 unspecified atom stereocenters. The van der Waals surface area contributed by atoms with E-state index in [-0.39, 0.29) is 29.9 Å². The van der Waals surface area contributed by atoms with Gasteiger partial charge in [-0.25, -0.2) is 4.79 Å². The third-order valence-electron chi connectivity index (χ3n) is 6.27. The first-order chi connectivity index (χ1) is 12.0. The Morgan fingerprint density at radius 3 is 2.80 bits per heavy atom. The number of nitro benzene ring substituents is 1. The highest BCUT2D eigenvalue weighted by Gasteiger charge is 2.54. The predicted molar refractivity (Wildman–Crippen MR) is 87.5 cm³/mol. The lowest BCUT2D eigenvalue weighted by Gasteiger charge is -2.31. The molecule has 7 heteroatoms. The van der Waals surface area contributed by atoms with Gasteiger partial charge in [-0.3, -0.25) is 10.1 Å². The molecule has 0 aliphatic heterocycles. The van der Waals surface area contributed by atoms with E-state index in [9.17, 15) is 14.9 Å². The number of hydrogen-bond donors (Lipinski definition) is 1. The standard InChI is InChI=1S/C18H21NO6/c20-18(21)10-4-5-15(19(22)23)17(7-10)25-9-24-16-8-11-6-14(16)13-3-1-2-12(11)13/h4-5,7,11-14,16H,1-3,6,8-9H2,(H,20,21). The van der Waals surface area contributed by atoms with Gasteiger partial charge >= 0.3 is 11.7 Å². The molecule has 5 atom stereocenters. The number of ether oxygens (including phenoxy) is 2. The maximum atomic E-state index is 11.1. The Morgan fingerprint density at radius 1 is 1.24 bits per heavy atom. The lowest BCUT2D eigenvalue weighted by molar-refractivity contribution is -0.386. The van der Waals surface area contributed by atoms with E-state index >= 15 is 0 Å². The zero-order valence-electron chi connectivity index (χ0n) is 13.8. The molecule has 3 saturated carbocycles. The molecular weight excluding hydrogens is 326 g/mol. The van der Waals surface area contributed by atoms with Crippen molar-refractivity contribution in [2.75, 3.05) is 6.79 Å². The molecular formula is C18H21NO6. The van der Waals surface area contributed by atoms with Gasteiger partial charge < -0.3 is 14.6 Å². The van der Waals surface area contributed by atoms with Crippen molar-refractivity contribution in [3.8, 4) is 5.75 Å². The smallest absolute Gasteiger partial charge is 0.335 e. The van der Waals surface area contributed by atoms with Crippen molar-refractivity contribution in [1.29, 1.82) is 0 Å². The predicted octanol–water partition coefficient (Wildman–Crippen LogP) is 3.47. The fourth-order valence-electron chi connectivity index (χ4n) is 5.30. The first-order valence-electron chi connectivity index (χ1n) is 8.80. The van der Waals surface area contributed by atoms with Crippen LogP contribution < -0.4 is 4.74 Å². The largest absolute Gasteiger partial charge is 0.478 e. The summed E-state index contributed by atoms with van der Waals surface area (Å²) < 4.78 is 11.3. The fraction of sp³-hybridized carbons (Fsp3) is 0.611. The highest BCUT2D eigenvalue weighted by atomic mass is 16.7. The topological polar surface area (TPSA) is 98.9 Å². The second kappa shape index (κ2) is 6.29. The number of rotatable bonds is 6. The Hall–Kier alpha value is -2.15. The summed E-state index contributed by atoms with van der Waals surface area (Å²) in [5.74, 6) is 1.77. The molecule has 25 heavy (non-hydrogen) atoms. The van der Waals surface area contributed by atoms with Gasteiger partial charge in [-0.05, 0) is 55.4 Å². The van der Waals surface area contributed by atoms with Crippen LogP contribution >= 0.6 is 0 Å². The van der Waals surface area contributed by atoms with Gasteiger partial charge in [0.25, 0.3) is 0 Å². The first kappa shape index (κ1) is 16.3. The summed E-state index contributed by atoms with van der Waals surface area (Å²) in [5.41, 5.74) is -0.299. The van der Waals surface area contributed by atoms with Crippen molar-refractivity contribution < 1.29 is 24.3 Å². The number of aromatic carboxylic acids is 1. The van der Waals surface area contributed by atoms with Crippen molar-refractivity contribution in [2.24, 2.45) is 23.7 Å². The summed E-state index contributed by atoms with van der Waals surface area (Å²) in [7, 11) is 0. The van der Waals surface area contributed by atoms with Gasteiger partial charge in [-0.15, -0.1) is 0 Å². The summed E-state index contributed by atoms with van der Waals surface area (Å²) in [6.45, 7) is -0.0881. The zero-order chi connectivity index (χ0) is 17.6. The zero-order valence-corrected chi connectivity index (χ0v) is 13.8. The van der Waals surface area contributed by atoms with E-state index in [1.807, 2.05) is 0 Å². The van der Waals surface area contributed by atoms with E-state index in [1.165, 1.54) is 37.8 Å². The number of benzene rings is 1. The summed E-state index contributed by atoms with van der Waals surface area (Å²) >= 11 is 0. The summed E-state index contributed by atoms with van der Waals surface area (Å²) in [6, 6.07) is 3.53. The van der Waals surface area contributed by atoms with Crippen molar-refractivity contribution in [3.05, 3.63) is 33.9 Å². The SMILES string of the molecule is O=C(O)c1ccc([N+](=O)[O-])c(OCOC2CC3CC2C2CCCC32)c1. The second-order valence-electron chi connectivity index (χ2n) is 7.37. The van der Waals surface area contributed by atoms with Crippen molar-refractivity contribution in [3.63, 3.8) is 0 Å². The quantitative estimate of drug-likeness (QED) is 0.480. The van der Waals surface area contributed by atoms with Crippen LogP contribution in [0.3, 0.4) is 0 Å². The average molecular weight is 347 g/mol. The van der Waals surface area contributed by atoms with Crippen LogP contribution in [0.5, 0.6) is 5.75 Å². The Kier molecular flexibility index (Phi) is 4.11. The van der Waals surface area contributed by atoms with Crippen molar-refractivity contribution in [2.45, 2.75) is 38.2 Å². The van der Waals surface area contributed by atoms with Crippen LogP contribution in [0.1, 0.15) is 42.5 Å². The van der Waals surface area contributed by atoms with Gasteiger partial charge in [0.2, 0.25) is 5.75 Å². The molecule has 2 bridgehead atoms. The molecule has 3 aliphatic carbocycles. The minimum absolute atomic E-state index is 0.0469. The molecule has 3 fully saturated rings. The van der Waals surface area contributed by atoms with Crippen LogP contribution in [0.15, 0.2) is 18.2 Å². The number of nitro groups is 1. The van der Waals surface area contributed by atoms with Crippen LogP contribution in [-0.2, 0) is 4.74 Å². The van der Waals surface area contributed by atoms with Crippen molar-refractivity contribution in [1.82, 2.24) is 0 Å². The van der Waals surface area contributed by atoms with Gasteiger partial charge in [0.15, 0.2) is 6.79 Å². The van der Waals surface area contributed by atoms with Gasteiger partial charge in [-0.2, -0.15) is 0 Å². The van der Waals surface area contributed by atoms with E-state index in [0.29, 0.717) is 5.92 Å². The lowest BCUT2D eigenvalue weighted by atomic mass is 9.80. The third kappa shape index (κ3) is 2.86. The minimum atomic E-state index is -1.15. The number of carbonyl (C=O) groups is 1. The Bertz CT molecular complexity index is 705. The second-order valence-corrected chi connectivity index (χ2v) is 7.37. The van der Waals surface area contributed by atoms with Gasteiger partial charge in [0, 0.05) is 12.1 Å². The molecule has 134 valence electrons. The van der Waals surface area contributed by atoms with Crippen LogP contribution in [-0.4, -0.2) is 28.9 Å². The van der Waals surface area contributed by atoms with Gasteiger partial charge in [0.05, 0.1) is 16.6 Å². The Morgan fingerprint density at radius 2 is 2.04 bits per heavy atom. The third-order valence-corrected chi connectivity index (χ3v) is 6.27. The number of hydrogen-bond acceptors (Lipinski definition) is 5. The average Bonchev–Trinajstić information content (AvgIpc) is 3.27. The van der Waals surface area contributed by atoms with E-state index in [2.05, 4.69) is 0 Å². The molecule has 1 aromatic carbocycles. The van der Waals surface area contributed by atoms with Crippen LogP contribution in [0, 0.1) is 33.8 Å². The molecule has 3 aliphatic rings. The monoisotopic (exact) mass is 347 g/mol.